The third-order valence-corrected chi connectivity index (χ3v) is 3.59. The number of piperazine rings is 1. The van der Waals surface area contributed by atoms with Crippen LogP contribution in [0.25, 0.3) is 0 Å². The molecule has 1 saturated heterocycles. The van der Waals surface area contributed by atoms with Crippen molar-refractivity contribution in [3.8, 4) is 0 Å². The minimum Gasteiger partial charge on any atom is -0.326 e. The maximum atomic E-state index is 6.34. The van der Waals surface area contributed by atoms with Crippen LogP contribution in [0.15, 0.2) is 24.5 Å². The molecule has 94 valence electrons. The number of rotatable bonds is 3. The Morgan fingerprint density at radius 3 is 3.00 bits per heavy atom. The predicted molar refractivity (Wildman–Crippen MR) is 69.8 cm³/mol. The largest absolute Gasteiger partial charge is 0.326 e. The van der Waals surface area contributed by atoms with E-state index >= 15 is 0 Å². The molecule has 1 aliphatic rings. The van der Waals surface area contributed by atoms with Gasteiger partial charge in [0, 0.05) is 44.1 Å². The maximum Gasteiger partial charge on any atom is 0.0375 e. The van der Waals surface area contributed by atoms with Crippen LogP contribution in [0.3, 0.4) is 0 Å². The molecule has 2 N–H and O–H groups in total. The molecule has 2 heterocycles. The van der Waals surface area contributed by atoms with E-state index in [9.17, 15) is 0 Å². The molecule has 0 radical (unpaired) electrons. The van der Waals surface area contributed by atoms with Crippen LogP contribution in [0, 0.1) is 0 Å². The SMILES string of the molecule is CN1CCN(C)C(C(N)Cc2cccnc2)C1. The number of nitrogens with two attached hydrogens (primary N) is 1. The minimum absolute atomic E-state index is 0.173. The number of hydrogen-bond donors (Lipinski definition) is 1. The topological polar surface area (TPSA) is 45.4 Å². The summed E-state index contributed by atoms with van der Waals surface area (Å²) >= 11 is 0. The van der Waals surface area contributed by atoms with Crippen molar-refractivity contribution in [2.24, 2.45) is 5.73 Å². The Kier molecular flexibility index (Phi) is 4.10. The monoisotopic (exact) mass is 234 g/mol. The second-order valence-corrected chi connectivity index (χ2v) is 5.04. The van der Waals surface area contributed by atoms with Crippen molar-refractivity contribution in [2.75, 3.05) is 33.7 Å². The van der Waals surface area contributed by atoms with Crippen molar-refractivity contribution in [1.82, 2.24) is 14.8 Å². The van der Waals surface area contributed by atoms with Gasteiger partial charge < -0.3 is 10.6 Å². The van der Waals surface area contributed by atoms with E-state index < -0.39 is 0 Å². The van der Waals surface area contributed by atoms with Crippen molar-refractivity contribution >= 4 is 0 Å². The Bertz CT molecular complexity index is 341. The van der Waals surface area contributed by atoms with E-state index in [0.717, 1.165) is 26.1 Å². The predicted octanol–water partition coefficient (Wildman–Crippen LogP) is 0.197. The van der Waals surface area contributed by atoms with E-state index in [1.165, 1.54) is 5.56 Å². The summed E-state index contributed by atoms with van der Waals surface area (Å²) < 4.78 is 0. The molecule has 0 amide bonds. The molecule has 4 heteroatoms. The van der Waals surface area contributed by atoms with Gasteiger partial charge in [-0.1, -0.05) is 6.07 Å². The first-order valence-corrected chi connectivity index (χ1v) is 6.20. The molecule has 4 nitrogen and oxygen atoms in total. The van der Waals surface area contributed by atoms with Crippen LogP contribution in [0.4, 0.5) is 0 Å². The van der Waals surface area contributed by atoms with Gasteiger partial charge in [0.25, 0.3) is 0 Å². The number of aromatic nitrogens is 1. The minimum atomic E-state index is 0.173. The highest BCUT2D eigenvalue weighted by Gasteiger charge is 2.27. The lowest BCUT2D eigenvalue weighted by Crippen LogP contribution is -2.58. The van der Waals surface area contributed by atoms with Gasteiger partial charge in [-0.25, -0.2) is 0 Å². The quantitative estimate of drug-likeness (QED) is 0.811. The molecule has 1 aromatic rings. The van der Waals surface area contributed by atoms with Crippen LogP contribution in [-0.2, 0) is 6.42 Å². The summed E-state index contributed by atoms with van der Waals surface area (Å²) in [6.45, 7) is 3.28. The number of pyridine rings is 1. The van der Waals surface area contributed by atoms with Gasteiger partial charge in [-0.3, -0.25) is 9.88 Å². The highest BCUT2D eigenvalue weighted by Crippen LogP contribution is 2.12. The van der Waals surface area contributed by atoms with Crippen molar-refractivity contribution in [3.05, 3.63) is 30.1 Å². The molecule has 17 heavy (non-hydrogen) atoms. The fourth-order valence-corrected chi connectivity index (χ4v) is 2.43. The highest BCUT2D eigenvalue weighted by molar-refractivity contribution is 5.11. The van der Waals surface area contributed by atoms with E-state index in [2.05, 4.69) is 34.9 Å². The van der Waals surface area contributed by atoms with Gasteiger partial charge in [-0.05, 0) is 32.1 Å². The van der Waals surface area contributed by atoms with E-state index in [1.807, 2.05) is 12.3 Å². The first-order valence-electron chi connectivity index (χ1n) is 6.20. The molecule has 1 aromatic heterocycles. The van der Waals surface area contributed by atoms with Gasteiger partial charge >= 0.3 is 0 Å². The van der Waals surface area contributed by atoms with Crippen LogP contribution in [0.1, 0.15) is 5.56 Å². The van der Waals surface area contributed by atoms with E-state index in [4.69, 9.17) is 5.73 Å². The molecule has 1 fully saturated rings. The molecular weight excluding hydrogens is 212 g/mol. The van der Waals surface area contributed by atoms with E-state index in [1.54, 1.807) is 6.20 Å². The van der Waals surface area contributed by atoms with Crippen LogP contribution >= 0.6 is 0 Å². The zero-order valence-electron chi connectivity index (χ0n) is 10.7. The van der Waals surface area contributed by atoms with Crippen molar-refractivity contribution in [3.63, 3.8) is 0 Å². The lowest BCUT2D eigenvalue weighted by molar-refractivity contribution is 0.0973. The fourth-order valence-electron chi connectivity index (χ4n) is 2.43. The molecule has 2 atom stereocenters. The standard InChI is InChI=1S/C13H22N4/c1-16-6-7-17(2)13(10-16)12(14)8-11-4-3-5-15-9-11/h3-5,9,12-13H,6-8,10,14H2,1-2H3. The van der Waals surface area contributed by atoms with Crippen molar-refractivity contribution in [2.45, 2.75) is 18.5 Å². The fraction of sp³-hybridized carbons (Fsp3) is 0.615. The van der Waals surface area contributed by atoms with Crippen molar-refractivity contribution < 1.29 is 0 Å². The third-order valence-electron chi connectivity index (χ3n) is 3.59. The summed E-state index contributed by atoms with van der Waals surface area (Å²) in [6, 6.07) is 4.68. The van der Waals surface area contributed by atoms with Crippen LogP contribution < -0.4 is 5.73 Å². The molecule has 1 aliphatic heterocycles. The molecule has 2 unspecified atom stereocenters. The Hall–Kier alpha value is -0.970. The molecule has 0 aliphatic carbocycles. The van der Waals surface area contributed by atoms with Gasteiger partial charge in [-0.15, -0.1) is 0 Å². The van der Waals surface area contributed by atoms with Gasteiger partial charge in [-0.2, -0.15) is 0 Å². The first-order chi connectivity index (χ1) is 8.16. The second kappa shape index (κ2) is 5.58. The van der Waals surface area contributed by atoms with E-state index in [0.29, 0.717) is 6.04 Å². The molecule has 0 aromatic carbocycles. The summed E-state index contributed by atoms with van der Waals surface area (Å²) in [6.07, 6.45) is 4.61. The second-order valence-electron chi connectivity index (χ2n) is 5.04. The van der Waals surface area contributed by atoms with Crippen LogP contribution in [0.5, 0.6) is 0 Å². The summed E-state index contributed by atoms with van der Waals surface area (Å²) in [5.74, 6) is 0. The van der Waals surface area contributed by atoms with Gasteiger partial charge in [0.05, 0.1) is 0 Å². The average Bonchev–Trinajstić information content (AvgIpc) is 2.33. The smallest absolute Gasteiger partial charge is 0.0375 e. The van der Waals surface area contributed by atoms with Crippen LogP contribution in [-0.4, -0.2) is 60.6 Å². The Morgan fingerprint density at radius 1 is 1.47 bits per heavy atom. The van der Waals surface area contributed by atoms with E-state index in [-0.39, 0.29) is 6.04 Å². The lowest BCUT2D eigenvalue weighted by atomic mass is 9.98. The average molecular weight is 234 g/mol. The summed E-state index contributed by atoms with van der Waals surface area (Å²) in [5, 5.41) is 0. The normalized spacial score (nSPS) is 24.8. The zero-order valence-corrected chi connectivity index (χ0v) is 10.7. The summed E-state index contributed by atoms with van der Waals surface area (Å²) in [5.41, 5.74) is 7.56. The Labute approximate surface area is 103 Å². The number of hydrogen-bond acceptors (Lipinski definition) is 4. The van der Waals surface area contributed by atoms with Crippen molar-refractivity contribution in [1.29, 1.82) is 0 Å². The summed E-state index contributed by atoms with van der Waals surface area (Å²) in [4.78, 5) is 8.87. The highest BCUT2D eigenvalue weighted by atomic mass is 15.3. The van der Waals surface area contributed by atoms with Gasteiger partial charge in [0.1, 0.15) is 0 Å². The maximum absolute atomic E-state index is 6.34. The first kappa shape index (κ1) is 12.5. The molecule has 0 bridgehead atoms. The van der Waals surface area contributed by atoms with Crippen LogP contribution in [0.2, 0.25) is 0 Å². The van der Waals surface area contributed by atoms with Gasteiger partial charge in [0.15, 0.2) is 0 Å². The summed E-state index contributed by atoms with van der Waals surface area (Å²) in [7, 11) is 4.33. The molecular formula is C13H22N4. The molecule has 2 rings (SSSR count). The molecule has 0 spiro atoms. The lowest BCUT2D eigenvalue weighted by Gasteiger charge is -2.40. The number of likely N-dealkylation sites (N-methyl/N-ethyl adjacent to an activating group) is 2. The molecule has 0 saturated carbocycles. The zero-order chi connectivity index (χ0) is 12.3. The number of nitrogens with zero attached hydrogens (tertiary/aromatic N) is 3. The third kappa shape index (κ3) is 3.25. The Balaban J connectivity index is 1.97. The Morgan fingerprint density at radius 2 is 2.29 bits per heavy atom. The van der Waals surface area contributed by atoms with Gasteiger partial charge in [0.2, 0.25) is 0 Å².